The Hall–Kier alpha value is -1.33. The van der Waals surface area contributed by atoms with E-state index in [1.807, 2.05) is 4.90 Å². The van der Waals surface area contributed by atoms with Gasteiger partial charge in [0.1, 0.15) is 5.82 Å². The number of hydrogen-bond acceptors (Lipinski definition) is 4. The Balaban J connectivity index is 1.57. The zero-order valence-corrected chi connectivity index (χ0v) is 17.8. The Morgan fingerprint density at radius 1 is 1.07 bits per heavy atom. The Kier molecular flexibility index (Phi) is 6.64. The summed E-state index contributed by atoms with van der Waals surface area (Å²) in [6.07, 6.45) is 6.29. The lowest BCUT2D eigenvalue weighted by Gasteiger charge is -2.37. The molecule has 0 spiro atoms. The molecule has 3 rings (SSSR count). The third-order valence-corrected chi connectivity index (χ3v) is 5.84. The summed E-state index contributed by atoms with van der Waals surface area (Å²) in [6, 6.07) is 1.80. The maximum Gasteiger partial charge on any atom is 0.255 e. The van der Waals surface area contributed by atoms with Gasteiger partial charge in [-0.2, -0.15) is 0 Å². The minimum Gasteiger partial charge on any atom is -0.353 e. The molecule has 0 bridgehead atoms. The van der Waals surface area contributed by atoms with Crippen LogP contribution in [0.25, 0.3) is 0 Å². The lowest BCUT2D eigenvalue weighted by Crippen LogP contribution is -2.47. The van der Waals surface area contributed by atoms with E-state index in [0.29, 0.717) is 16.0 Å². The molecule has 2 aliphatic rings. The summed E-state index contributed by atoms with van der Waals surface area (Å²) < 4.78 is 0. The fourth-order valence-electron chi connectivity index (χ4n) is 3.74. The van der Waals surface area contributed by atoms with Gasteiger partial charge < -0.3 is 9.80 Å². The quantitative estimate of drug-likeness (QED) is 0.778. The zero-order valence-electron chi connectivity index (χ0n) is 17.0. The molecule has 1 aromatic heterocycles. The topological polar surface area (TPSA) is 39.7 Å². The van der Waals surface area contributed by atoms with Crippen molar-refractivity contribution < 1.29 is 4.79 Å². The van der Waals surface area contributed by atoms with E-state index in [4.69, 9.17) is 11.6 Å². The van der Waals surface area contributed by atoms with Crippen LogP contribution in [0.15, 0.2) is 12.3 Å². The third-order valence-electron chi connectivity index (χ3n) is 5.56. The third kappa shape index (κ3) is 5.58. The number of carbonyl (C=O) groups excluding carboxylic acids is 1. The van der Waals surface area contributed by atoms with E-state index in [-0.39, 0.29) is 5.91 Å². The molecule has 0 saturated carbocycles. The number of hydrogen-bond donors (Lipinski definition) is 0. The number of rotatable bonds is 4. The molecule has 1 amide bonds. The molecule has 3 heterocycles. The zero-order chi connectivity index (χ0) is 19.4. The minimum absolute atomic E-state index is 0.0580. The molecular formula is C21H33ClN4O. The first-order valence-electron chi connectivity index (χ1n) is 10.3. The SMILES string of the molecule is CC(C)(C)CCN1CCN(c2ncc(C(=O)N3CCCCC3)cc2Cl)CC1. The highest BCUT2D eigenvalue weighted by Gasteiger charge is 2.23. The van der Waals surface area contributed by atoms with Crippen molar-refractivity contribution in [3.8, 4) is 0 Å². The first-order chi connectivity index (χ1) is 12.8. The highest BCUT2D eigenvalue weighted by molar-refractivity contribution is 6.33. The van der Waals surface area contributed by atoms with Crippen molar-refractivity contribution in [2.24, 2.45) is 5.41 Å². The van der Waals surface area contributed by atoms with Crippen LogP contribution in [0.2, 0.25) is 5.02 Å². The van der Waals surface area contributed by atoms with Gasteiger partial charge in [0.25, 0.3) is 5.91 Å². The summed E-state index contributed by atoms with van der Waals surface area (Å²) in [5.74, 6) is 0.866. The van der Waals surface area contributed by atoms with Crippen LogP contribution in [0, 0.1) is 5.41 Å². The van der Waals surface area contributed by atoms with Crippen molar-refractivity contribution >= 4 is 23.3 Å². The van der Waals surface area contributed by atoms with Crippen LogP contribution in [0.1, 0.15) is 56.8 Å². The fraction of sp³-hybridized carbons (Fsp3) is 0.714. The van der Waals surface area contributed by atoms with Gasteiger partial charge in [0.2, 0.25) is 0 Å². The lowest BCUT2D eigenvalue weighted by molar-refractivity contribution is 0.0724. The van der Waals surface area contributed by atoms with Crippen LogP contribution in [-0.4, -0.2) is 66.5 Å². The number of aromatic nitrogens is 1. The molecule has 0 unspecified atom stereocenters. The van der Waals surface area contributed by atoms with Crippen LogP contribution >= 0.6 is 11.6 Å². The average Bonchev–Trinajstić information content (AvgIpc) is 2.66. The molecule has 6 heteroatoms. The van der Waals surface area contributed by atoms with E-state index in [1.165, 1.54) is 12.8 Å². The molecule has 0 radical (unpaired) electrons. The Morgan fingerprint density at radius 2 is 1.74 bits per heavy atom. The molecule has 1 aromatic rings. The van der Waals surface area contributed by atoms with Crippen LogP contribution in [0.5, 0.6) is 0 Å². The summed E-state index contributed by atoms with van der Waals surface area (Å²) in [5.41, 5.74) is 0.980. The highest BCUT2D eigenvalue weighted by Crippen LogP contribution is 2.27. The Labute approximate surface area is 168 Å². The number of carbonyl (C=O) groups is 1. The van der Waals surface area contributed by atoms with Crippen molar-refractivity contribution in [1.82, 2.24) is 14.8 Å². The van der Waals surface area contributed by atoms with E-state index < -0.39 is 0 Å². The standard InChI is InChI=1S/C21H33ClN4O/c1-21(2,3)7-10-24-11-13-25(14-12-24)19-18(22)15-17(16-23-19)20(27)26-8-5-4-6-9-26/h15-16H,4-14H2,1-3H3. The number of anilines is 1. The maximum absolute atomic E-state index is 12.6. The van der Waals surface area contributed by atoms with Crippen LogP contribution in [-0.2, 0) is 0 Å². The monoisotopic (exact) mass is 392 g/mol. The van der Waals surface area contributed by atoms with Gasteiger partial charge in [-0.15, -0.1) is 0 Å². The van der Waals surface area contributed by atoms with Crippen molar-refractivity contribution in [1.29, 1.82) is 0 Å². The van der Waals surface area contributed by atoms with Crippen LogP contribution in [0.4, 0.5) is 5.82 Å². The van der Waals surface area contributed by atoms with Crippen molar-refractivity contribution in [2.75, 3.05) is 50.7 Å². The molecule has 2 fully saturated rings. The van der Waals surface area contributed by atoms with Crippen molar-refractivity contribution in [3.05, 3.63) is 22.8 Å². The summed E-state index contributed by atoms with van der Waals surface area (Å²) in [7, 11) is 0. The van der Waals surface area contributed by atoms with E-state index in [9.17, 15) is 4.79 Å². The number of nitrogens with zero attached hydrogens (tertiary/aromatic N) is 4. The fourth-order valence-corrected chi connectivity index (χ4v) is 4.02. The number of piperazine rings is 1. The smallest absolute Gasteiger partial charge is 0.255 e. The summed E-state index contributed by atoms with van der Waals surface area (Å²) in [5, 5.41) is 0.584. The van der Waals surface area contributed by atoms with Gasteiger partial charge in [-0.3, -0.25) is 9.69 Å². The number of halogens is 1. The largest absolute Gasteiger partial charge is 0.353 e. The number of amides is 1. The predicted molar refractivity (Wildman–Crippen MR) is 112 cm³/mol. The summed E-state index contributed by atoms with van der Waals surface area (Å²) >= 11 is 6.51. The molecular weight excluding hydrogens is 360 g/mol. The molecule has 2 saturated heterocycles. The molecule has 0 N–H and O–H groups in total. The predicted octanol–water partition coefficient (Wildman–Crippen LogP) is 3.92. The summed E-state index contributed by atoms with van der Waals surface area (Å²) in [4.78, 5) is 23.9. The van der Waals surface area contributed by atoms with E-state index in [2.05, 4.69) is 35.6 Å². The number of likely N-dealkylation sites (tertiary alicyclic amines) is 1. The van der Waals surface area contributed by atoms with Gasteiger partial charge in [-0.25, -0.2) is 4.98 Å². The van der Waals surface area contributed by atoms with Crippen molar-refractivity contribution in [3.63, 3.8) is 0 Å². The van der Waals surface area contributed by atoms with E-state index in [1.54, 1.807) is 12.3 Å². The first kappa shape index (κ1) is 20.4. The van der Waals surface area contributed by atoms with Gasteiger partial charge in [0.05, 0.1) is 10.6 Å². The summed E-state index contributed by atoms with van der Waals surface area (Å²) in [6.45, 7) is 13.6. The Bertz CT molecular complexity index is 644. The molecule has 0 atom stereocenters. The minimum atomic E-state index is 0.0580. The van der Waals surface area contributed by atoms with Gasteiger partial charge in [-0.1, -0.05) is 32.4 Å². The molecule has 0 aliphatic carbocycles. The molecule has 5 nitrogen and oxygen atoms in total. The van der Waals surface area contributed by atoms with Gasteiger partial charge >= 0.3 is 0 Å². The van der Waals surface area contributed by atoms with Gasteiger partial charge in [0.15, 0.2) is 0 Å². The first-order valence-corrected chi connectivity index (χ1v) is 10.6. The second kappa shape index (κ2) is 8.78. The lowest BCUT2D eigenvalue weighted by atomic mass is 9.92. The maximum atomic E-state index is 12.6. The normalized spacial score (nSPS) is 19.4. The van der Waals surface area contributed by atoms with E-state index in [0.717, 1.165) is 64.5 Å². The molecule has 0 aromatic carbocycles. The van der Waals surface area contributed by atoms with Crippen LogP contribution < -0.4 is 4.90 Å². The van der Waals surface area contributed by atoms with E-state index >= 15 is 0 Å². The van der Waals surface area contributed by atoms with Gasteiger partial charge in [-0.05, 0) is 43.7 Å². The molecule has 150 valence electrons. The Morgan fingerprint density at radius 3 is 2.33 bits per heavy atom. The number of pyridine rings is 1. The molecule has 27 heavy (non-hydrogen) atoms. The van der Waals surface area contributed by atoms with Crippen LogP contribution in [0.3, 0.4) is 0 Å². The average molecular weight is 393 g/mol. The molecule has 2 aliphatic heterocycles. The second-order valence-electron chi connectivity index (χ2n) is 9.02. The number of piperidine rings is 1. The van der Waals surface area contributed by atoms with Crippen molar-refractivity contribution in [2.45, 2.75) is 46.5 Å². The second-order valence-corrected chi connectivity index (χ2v) is 9.43. The highest BCUT2D eigenvalue weighted by atomic mass is 35.5. The van der Waals surface area contributed by atoms with Gasteiger partial charge in [0, 0.05) is 45.5 Å².